The highest BCUT2D eigenvalue weighted by Crippen LogP contribution is 2.21. The zero-order valence-corrected chi connectivity index (χ0v) is 16.2. The maximum atomic E-state index is 12.0. The summed E-state index contributed by atoms with van der Waals surface area (Å²) < 4.78 is 24.9. The predicted octanol–water partition coefficient (Wildman–Crippen LogP) is 2.91. The van der Waals surface area contributed by atoms with Crippen molar-refractivity contribution in [1.29, 1.82) is 0 Å². The van der Waals surface area contributed by atoms with Gasteiger partial charge in [0.25, 0.3) is 5.91 Å². The van der Waals surface area contributed by atoms with Gasteiger partial charge in [-0.15, -0.1) is 0 Å². The van der Waals surface area contributed by atoms with Crippen molar-refractivity contribution in [1.82, 2.24) is 9.73 Å². The molecule has 1 amide bonds. The maximum Gasteiger partial charge on any atom is 0.255 e. The summed E-state index contributed by atoms with van der Waals surface area (Å²) in [7, 11) is -3.56. The lowest BCUT2D eigenvalue weighted by Gasteiger charge is -2.18. The number of nitrogens with one attached hydrogen (secondary N) is 1. The molecule has 0 spiro atoms. The third kappa shape index (κ3) is 6.42. The van der Waals surface area contributed by atoms with Crippen molar-refractivity contribution in [3.8, 4) is 0 Å². The Morgan fingerprint density at radius 2 is 1.85 bits per heavy atom. The SMILES string of the molecule is CS(=O)(=O)N(CC(=O)N/N=C\c1ccc(Cl)c(Cl)c1)Cc1ccccc1. The Hall–Kier alpha value is -1.93. The van der Waals surface area contributed by atoms with Crippen molar-refractivity contribution in [2.45, 2.75) is 6.54 Å². The second kappa shape index (κ2) is 9.14. The highest BCUT2D eigenvalue weighted by Gasteiger charge is 2.20. The minimum atomic E-state index is -3.56. The van der Waals surface area contributed by atoms with Gasteiger partial charge in [0.15, 0.2) is 0 Å². The quantitative estimate of drug-likeness (QED) is 0.559. The molecule has 0 bridgehead atoms. The number of carbonyl (C=O) groups is 1. The van der Waals surface area contributed by atoms with Crippen LogP contribution in [0.15, 0.2) is 53.6 Å². The number of sulfonamides is 1. The summed E-state index contributed by atoms with van der Waals surface area (Å²) in [6, 6.07) is 13.9. The molecule has 2 rings (SSSR count). The molecular weight excluding hydrogens is 397 g/mol. The third-order valence-electron chi connectivity index (χ3n) is 3.34. The number of amides is 1. The molecule has 9 heteroatoms. The molecule has 6 nitrogen and oxygen atoms in total. The lowest BCUT2D eigenvalue weighted by molar-refractivity contribution is -0.121. The van der Waals surface area contributed by atoms with Crippen LogP contribution in [0, 0.1) is 0 Å². The first kappa shape index (κ1) is 20.4. The van der Waals surface area contributed by atoms with Gasteiger partial charge in [0.1, 0.15) is 0 Å². The van der Waals surface area contributed by atoms with Gasteiger partial charge in [-0.3, -0.25) is 4.79 Å². The summed E-state index contributed by atoms with van der Waals surface area (Å²) >= 11 is 11.7. The molecule has 0 fully saturated rings. The van der Waals surface area contributed by atoms with Crippen molar-refractivity contribution in [3.63, 3.8) is 0 Å². The van der Waals surface area contributed by atoms with Gasteiger partial charge in [0.05, 0.1) is 29.1 Å². The normalized spacial score (nSPS) is 11.8. The molecule has 0 saturated carbocycles. The largest absolute Gasteiger partial charge is 0.272 e. The van der Waals surface area contributed by atoms with Crippen LogP contribution in [-0.2, 0) is 21.4 Å². The van der Waals surface area contributed by atoms with Crippen LogP contribution in [0.3, 0.4) is 0 Å². The van der Waals surface area contributed by atoms with Crippen LogP contribution in [-0.4, -0.2) is 37.6 Å². The van der Waals surface area contributed by atoms with Gasteiger partial charge in [0, 0.05) is 6.54 Å². The lowest BCUT2D eigenvalue weighted by atomic mass is 10.2. The van der Waals surface area contributed by atoms with Crippen molar-refractivity contribution in [2.24, 2.45) is 5.10 Å². The van der Waals surface area contributed by atoms with E-state index in [1.807, 2.05) is 6.07 Å². The van der Waals surface area contributed by atoms with Gasteiger partial charge >= 0.3 is 0 Å². The fourth-order valence-corrected chi connectivity index (χ4v) is 3.09. The van der Waals surface area contributed by atoms with Crippen LogP contribution in [0.25, 0.3) is 0 Å². The van der Waals surface area contributed by atoms with Gasteiger partial charge in [-0.05, 0) is 23.3 Å². The fourth-order valence-electron chi connectivity index (χ4n) is 2.04. The Morgan fingerprint density at radius 1 is 1.15 bits per heavy atom. The van der Waals surface area contributed by atoms with Crippen LogP contribution >= 0.6 is 23.2 Å². The molecule has 0 unspecified atom stereocenters. The van der Waals surface area contributed by atoms with E-state index in [1.165, 1.54) is 6.21 Å². The van der Waals surface area contributed by atoms with Crippen LogP contribution in [0.1, 0.15) is 11.1 Å². The molecule has 2 aromatic carbocycles. The molecule has 1 N–H and O–H groups in total. The van der Waals surface area contributed by atoms with Crippen molar-refractivity contribution < 1.29 is 13.2 Å². The van der Waals surface area contributed by atoms with Gasteiger partial charge in [-0.1, -0.05) is 59.6 Å². The molecule has 0 saturated heterocycles. The molecule has 0 heterocycles. The number of benzene rings is 2. The Bertz CT molecular complexity index is 903. The Morgan fingerprint density at radius 3 is 2.46 bits per heavy atom. The fraction of sp³-hybridized carbons (Fsp3) is 0.176. The van der Waals surface area contributed by atoms with Crippen molar-refractivity contribution in [2.75, 3.05) is 12.8 Å². The molecule has 0 atom stereocenters. The molecule has 26 heavy (non-hydrogen) atoms. The summed E-state index contributed by atoms with van der Waals surface area (Å²) in [6.45, 7) is -0.240. The Labute approximate surface area is 162 Å². The van der Waals surface area contributed by atoms with Gasteiger partial charge in [-0.2, -0.15) is 9.41 Å². The average molecular weight is 414 g/mol. The first-order valence-electron chi connectivity index (χ1n) is 7.52. The van der Waals surface area contributed by atoms with E-state index >= 15 is 0 Å². The van der Waals surface area contributed by atoms with E-state index in [1.54, 1.807) is 42.5 Å². The summed E-state index contributed by atoms with van der Waals surface area (Å²) in [5, 5.41) is 4.59. The molecule has 0 aromatic heterocycles. The molecule has 0 aliphatic rings. The number of carbonyl (C=O) groups excluding carboxylic acids is 1. The zero-order valence-electron chi connectivity index (χ0n) is 13.9. The van der Waals surface area contributed by atoms with E-state index in [4.69, 9.17) is 23.2 Å². The van der Waals surface area contributed by atoms with Gasteiger partial charge in [0.2, 0.25) is 10.0 Å². The molecule has 0 radical (unpaired) electrons. The van der Waals surface area contributed by atoms with E-state index in [0.717, 1.165) is 16.1 Å². The summed E-state index contributed by atoms with van der Waals surface area (Å²) in [4.78, 5) is 12.0. The van der Waals surface area contributed by atoms with Gasteiger partial charge < -0.3 is 0 Å². The van der Waals surface area contributed by atoms with E-state index in [-0.39, 0.29) is 13.1 Å². The van der Waals surface area contributed by atoms with Crippen molar-refractivity contribution >= 4 is 45.3 Å². The Balaban J connectivity index is 1.98. The number of halogens is 2. The molecular formula is C17H17Cl2N3O3S. The summed E-state index contributed by atoms with van der Waals surface area (Å²) in [5.74, 6) is -0.553. The van der Waals surface area contributed by atoms with Crippen LogP contribution in [0.2, 0.25) is 10.0 Å². The van der Waals surface area contributed by atoms with Gasteiger partial charge in [-0.25, -0.2) is 13.8 Å². The van der Waals surface area contributed by atoms with E-state index in [0.29, 0.717) is 15.6 Å². The zero-order chi connectivity index (χ0) is 19.2. The Kier molecular flexibility index (Phi) is 7.16. The van der Waals surface area contributed by atoms with Crippen LogP contribution in [0.5, 0.6) is 0 Å². The number of rotatable bonds is 7. The number of nitrogens with zero attached hydrogens (tertiary/aromatic N) is 2. The second-order valence-corrected chi connectivity index (χ2v) is 8.28. The van der Waals surface area contributed by atoms with E-state index in [9.17, 15) is 13.2 Å². The van der Waals surface area contributed by atoms with Crippen molar-refractivity contribution in [3.05, 3.63) is 69.7 Å². The second-order valence-electron chi connectivity index (χ2n) is 5.48. The third-order valence-corrected chi connectivity index (χ3v) is 5.27. The number of hydrogen-bond donors (Lipinski definition) is 1. The molecule has 0 aliphatic carbocycles. The molecule has 2 aromatic rings. The topological polar surface area (TPSA) is 78.8 Å². The standard InChI is InChI=1S/C17H17Cl2N3O3S/c1-26(24,25)22(11-13-5-3-2-4-6-13)12-17(23)21-20-10-14-7-8-15(18)16(19)9-14/h2-10H,11-12H2,1H3,(H,21,23)/b20-10-. The average Bonchev–Trinajstić information content (AvgIpc) is 2.57. The first-order valence-corrected chi connectivity index (χ1v) is 10.1. The van der Waals surface area contributed by atoms with Crippen LogP contribution < -0.4 is 5.43 Å². The summed E-state index contributed by atoms with van der Waals surface area (Å²) in [6.07, 6.45) is 2.45. The smallest absolute Gasteiger partial charge is 0.255 e. The van der Waals surface area contributed by atoms with Crippen LogP contribution in [0.4, 0.5) is 0 Å². The molecule has 0 aliphatic heterocycles. The number of hydrazone groups is 1. The summed E-state index contributed by atoms with van der Waals surface area (Å²) in [5.41, 5.74) is 3.73. The molecule has 138 valence electrons. The predicted molar refractivity (Wildman–Crippen MR) is 104 cm³/mol. The lowest BCUT2D eigenvalue weighted by Crippen LogP contribution is -2.38. The number of hydrogen-bond acceptors (Lipinski definition) is 4. The monoisotopic (exact) mass is 413 g/mol. The van der Waals surface area contributed by atoms with E-state index < -0.39 is 15.9 Å². The minimum absolute atomic E-state index is 0.101. The highest BCUT2D eigenvalue weighted by molar-refractivity contribution is 7.88. The minimum Gasteiger partial charge on any atom is -0.272 e. The maximum absolute atomic E-state index is 12.0. The first-order chi connectivity index (χ1) is 12.3. The van der Waals surface area contributed by atoms with E-state index in [2.05, 4.69) is 10.5 Å². The highest BCUT2D eigenvalue weighted by atomic mass is 35.5.